The Morgan fingerprint density at radius 1 is 1.04 bits per heavy atom. The molecule has 0 saturated heterocycles. The summed E-state index contributed by atoms with van der Waals surface area (Å²) in [5.74, 6) is 0.311. The van der Waals surface area contributed by atoms with E-state index in [1.165, 1.54) is 5.56 Å². The molecule has 0 spiro atoms. The van der Waals surface area contributed by atoms with Crippen LogP contribution in [-0.4, -0.2) is 17.4 Å². The molecule has 1 atom stereocenters. The minimum atomic E-state index is -0.0734. The van der Waals surface area contributed by atoms with E-state index in [0.717, 1.165) is 34.4 Å². The molecule has 0 radical (unpaired) electrons. The van der Waals surface area contributed by atoms with Crippen molar-refractivity contribution in [3.63, 3.8) is 0 Å². The van der Waals surface area contributed by atoms with E-state index in [0.29, 0.717) is 11.5 Å². The van der Waals surface area contributed by atoms with E-state index in [4.69, 9.17) is 0 Å². The van der Waals surface area contributed by atoms with E-state index in [9.17, 15) is 4.79 Å². The van der Waals surface area contributed by atoms with Gasteiger partial charge in [-0.15, -0.1) is 0 Å². The molecule has 4 heteroatoms. The van der Waals surface area contributed by atoms with Crippen molar-refractivity contribution in [1.82, 2.24) is 10.3 Å². The Morgan fingerprint density at radius 3 is 2.50 bits per heavy atom. The number of pyridine rings is 1. The van der Waals surface area contributed by atoms with Crippen molar-refractivity contribution in [1.29, 1.82) is 0 Å². The van der Waals surface area contributed by atoms with Crippen molar-refractivity contribution in [3.8, 4) is 0 Å². The first-order valence-electron chi connectivity index (χ1n) is 9.95. The van der Waals surface area contributed by atoms with Crippen LogP contribution in [0.25, 0.3) is 10.9 Å². The molecule has 1 aromatic heterocycles. The van der Waals surface area contributed by atoms with Gasteiger partial charge >= 0.3 is 0 Å². The van der Waals surface area contributed by atoms with Gasteiger partial charge in [0.05, 0.1) is 11.6 Å². The summed E-state index contributed by atoms with van der Waals surface area (Å²) >= 11 is 0. The van der Waals surface area contributed by atoms with Crippen LogP contribution in [-0.2, 0) is 0 Å². The molecular formula is C24H29N3O. The molecule has 1 heterocycles. The average molecular weight is 376 g/mol. The average Bonchev–Trinajstić information content (AvgIpc) is 2.68. The van der Waals surface area contributed by atoms with Gasteiger partial charge in [0.2, 0.25) is 0 Å². The highest BCUT2D eigenvalue weighted by atomic mass is 16.1. The SMILES string of the molecule is CCNc1ccc([C@@H](C)NC(=O)c2ccc3nc(C(C)C)ccc3c2)cc1C. The molecule has 2 N–H and O–H groups in total. The second kappa shape index (κ2) is 8.42. The topological polar surface area (TPSA) is 54.0 Å². The van der Waals surface area contributed by atoms with Crippen LogP contribution in [0.4, 0.5) is 5.69 Å². The molecule has 0 bridgehead atoms. The lowest BCUT2D eigenvalue weighted by Gasteiger charge is -2.17. The summed E-state index contributed by atoms with van der Waals surface area (Å²) in [6.07, 6.45) is 0. The van der Waals surface area contributed by atoms with Crippen LogP contribution in [0.2, 0.25) is 0 Å². The number of aromatic nitrogens is 1. The molecule has 0 aliphatic heterocycles. The molecule has 0 unspecified atom stereocenters. The Bertz CT molecular complexity index is 994. The predicted octanol–water partition coefficient (Wildman–Crippen LogP) is 5.59. The van der Waals surface area contributed by atoms with Crippen molar-refractivity contribution in [2.75, 3.05) is 11.9 Å². The summed E-state index contributed by atoms with van der Waals surface area (Å²) in [6, 6.07) is 16.0. The summed E-state index contributed by atoms with van der Waals surface area (Å²) in [5, 5.41) is 7.43. The van der Waals surface area contributed by atoms with Crippen LogP contribution in [0.3, 0.4) is 0 Å². The number of anilines is 1. The maximum absolute atomic E-state index is 12.8. The van der Waals surface area contributed by atoms with Gasteiger partial charge in [0.15, 0.2) is 0 Å². The maximum atomic E-state index is 12.8. The number of carbonyl (C=O) groups excluding carboxylic acids is 1. The predicted molar refractivity (Wildman–Crippen MR) is 117 cm³/mol. The van der Waals surface area contributed by atoms with E-state index >= 15 is 0 Å². The van der Waals surface area contributed by atoms with Gasteiger partial charge in [-0.3, -0.25) is 9.78 Å². The van der Waals surface area contributed by atoms with Gasteiger partial charge in [-0.05, 0) is 68.1 Å². The van der Waals surface area contributed by atoms with E-state index in [1.807, 2.05) is 37.3 Å². The number of nitrogens with one attached hydrogen (secondary N) is 2. The Balaban J connectivity index is 1.76. The molecule has 0 fully saturated rings. The zero-order chi connectivity index (χ0) is 20.3. The lowest BCUT2D eigenvalue weighted by Crippen LogP contribution is -2.26. The Labute approximate surface area is 167 Å². The Hall–Kier alpha value is -2.88. The monoisotopic (exact) mass is 375 g/mol. The van der Waals surface area contributed by atoms with Gasteiger partial charge in [-0.25, -0.2) is 0 Å². The minimum absolute atomic E-state index is 0.0704. The summed E-state index contributed by atoms with van der Waals surface area (Å²) in [7, 11) is 0. The minimum Gasteiger partial charge on any atom is -0.385 e. The van der Waals surface area contributed by atoms with Gasteiger partial charge in [0.1, 0.15) is 0 Å². The normalized spacial score (nSPS) is 12.2. The number of benzene rings is 2. The lowest BCUT2D eigenvalue weighted by atomic mass is 10.0. The molecule has 0 aliphatic rings. The third kappa shape index (κ3) is 4.33. The fourth-order valence-corrected chi connectivity index (χ4v) is 3.31. The van der Waals surface area contributed by atoms with Crippen LogP contribution in [0.5, 0.6) is 0 Å². The third-order valence-electron chi connectivity index (χ3n) is 5.03. The second-order valence-corrected chi connectivity index (χ2v) is 7.60. The summed E-state index contributed by atoms with van der Waals surface area (Å²) < 4.78 is 0. The largest absolute Gasteiger partial charge is 0.385 e. The number of amides is 1. The summed E-state index contributed by atoms with van der Waals surface area (Å²) in [5.41, 5.74) is 6.04. The molecule has 3 rings (SSSR count). The van der Waals surface area contributed by atoms with E-state index in [2.05, 4.69) is 61.5 Å². The molecule has 4 nitrogen and oxygen atoms in total. The number of hydrogen-bond acceptors (Lipinski definition) is 3. The van der Waals surface area contributed by atoms with Gasteiger partial charge in [0.25, 0.3) is 5.91 Å². The first-order chi connectivity index (χ1) is 13.4. The van der Waals surface area contributed by atoms with Crippen molar-refractivity contribution in [3.05, 3.63) is 70.9 Å². The van der Waals surface area contributed by atoms with Crippen LogP contribution >= 0.6 is 0 Å². The third-order valence-corrected chi connectivity index (χ3v) is 5.03. The maximum Gasteiger partial charge on any atom is 0.251 e. The molecule has 1 amide bonds. The number of aryl methyl sites for hydroxylation is 1. The summed E-state index contributed by atoms with van der Waals surface area (Å²) in [4.78, 5) is 17.4. The number of rotatable bonds is 6. The highest BCUT2D eigenvalue weighted by Crippen LogP contribution is 2.22. The molecule has 2 aromatic carbocycles. The molecular weight excluding hydrogens is 346 g/mol. The fourth-order valence-electron chi connectivity index (χ4n) is 3.31. The van der Waals surface area contributed by atoms with Gasteiger partial charge in [-0.2, -0.15) is 0 Å². The molecule has 3 aromatic rings. The number of nitrogens with zero attached hydrogens (tertiary/aromatic N) is 1. The molecule has 28 heavy (non-hydrogen) atoms. The number of fused-ring (bicyclic) bond motifs is 1. The van der Waals surface area contributed by atoms with Crippen LogP contribution < -0.4 is 10.6 Å². The van der Waals surface area contributed by atoms with Crippen LogP contribution in [0, 0.1) is 6.92 Å². The van der Waals surface area contributed by atoms with Gasteiger partial charge in [0, 0.05) is 28.9 Å². The Kier molecular flexibility index (Phi) is 5.98. The molecule has 0 saturated carbocycles. The van der Waals surface area contributed by atoms with Gasteiger partial charge in [-0.1, -0.05) is 32.0 Å². The zero-order valence-corrected chi connectivity index (χ0v) is 17.3. The molecule has 0 aliphatic carbocycles. The summed E-state index contributed by atoms with van der Waals surface area (Å²) in [6.45, 7) is 11.3. The van der Waals surface area contributed by atoms with Crippen molar-refractivity contribution in [2.45, 2.75) is 46.6 Å². The lowest BCUT2D eigenvalue weighted by molar-refractivity contribution is 0.0940. The van der Waals surface area contributed by atoms with Crippen molar-refractivity contribution in [2.24, 2.45) is 0 Å². The quantitative estimate of drug-likeness (QED) is 0.590. The standard InChI is InChI=1S/C24H29N3O/c1-6-25-22-11-7-18(13-16(22)4)17(5)26-24(28)20-9-12-23-19(14-20)8-10-21(27-23)15(2)3/h7-15,17,25H,6H2,1-5H3,(H,26,28)/t17-/m1/s1. The fraction of sp³-hybridized carbons (Fsp3) is 0.333. The van der Waals surface area contributed by atoms with Crippen LogP contribution in [0.1, 0.15) is 66.8 Å². The first kappa shape index (κ1) is 19.9. The van der Waals surface area contributed by atoms with E-state index < -0.39 is 0 Å². The smallest absolute Gasteiger partial charge is 0.251 e. The highest BCUT2D eigenvalue weighted by molar-refractivity contribution is 5.98. The van der Waals surface area contributed by atoms with Gasteiger partial charge < -0.3 is 10.6 Å². The first-order valence-corrected chi connectivity index (χ1v) is 9.95. The zero-order valence-electron chi connectivity index (χ0n) is 17.3. The van der Waals surface area contributed by atoms with Crippen molar-refractivity contribution >= 4 is 22.5 Å². The van der Waals surface area contributed by atoms with E-state index in [1.54, 1.807) is 0 Å². The van der Waals surface area contributed by atoms with Crippen molar-refractivity contribution < 1.29 is 4.79 Å². The van der Waals surface area contributed by atoms with Crippen LogP contribution in [0.15, 0.2) is 48.5 Å². The number of carbonyl (C=O) groups is 1. The second-order valence-electron chi connectivity index (χ2n) is 7.60. The number of hydrogen-bond donors (Lipinski definition) is 2. The highest BCUT2D eigenvalue weighted by Gasteiger charge is 2.13. The Morgan fingerprint density at radius 2 is 1.82 bits per heavy atom. The van der Waals surface area contributed by atoms with E-state index in [-0.39, 0.29) is 11.9 Å². The molecule has 146 valence electrons.